The summed E-state index contributed by atoms with van der Waals surface area (Å²) in [6.45, 7) is 2.93. The Morgan fingerprint density at radius 3 is 2.68 bits per heavy atom. The molecule has 0 amide bonds. The molecule has 0 saturated carbocycles. The number of hydrogen-bond acceptors (Lipinski definition) is 2. The van der Waals surface area contributed by atoms with Gasteiger partial charge in [0.05, 0.1) is 16.2 Å². The van der Waals surface area contributed by atoms with Crippen molar-refractivity contribution in [2.75, 3.05) is 0 Å². The Hall–Kier alpha value is -1.03. The summed E-state index contributed by atoms with van der Waals surface area (Å²) in [5.74, 6) is 0. The zero-order valence-corrected chi connectivity index (χ0v) is 12.5. The van der Waals surface area contributed by atoms with Crippen LogP contribution >= 0.6 is 23.2 Å². The molecule has 2 aromatic rings. The molecule has 0 radical (unpaired) electrons. The van der Waals surface area contributed by atoms with Gasteiger partial charge in [0.2, 0.25) is 0 Å². The Balaban J connectivity index is 2.05. The lowest BCUT2D eigenvalue weighted by atomic mass is 10.0. The van der Waals surface area contributed by atoms with Gasteiger partial charge in [-0.05, 0) is 24.1 Å². The van der Waals surface area contributed by atoms with E-state index in [1.165, 1.54) is 5.56 Å². The predicted octanol–water partition coefficient (Wildman–Crippen LogP) is 3.97. The van der Waals surface area contributed by atoms with Gasteiger partial charge in [0.15, 0.2) is 0 Å². The Labute approximate surface area is 123 Å². The van der Waals surface area contributed by atoms with Crippen LogP contribution in [0.25, 0.3) is 0 Å². The molecule has 1 atom stereocenters. The highest BCUT2D eigenvalue weighted by Crippen LogP contribution is 2.27. The van der Waals surface area contributed by atoms with E-state index in [2.05, 4.69) is 17.3 Å². The van der Waals surface area contributed by atoms with Crippen LogP contribution in [0.3, 0.4) is 0 Å². The summed E-state index contributed by atoms with van der Waals surface area (Å²) in [5.41, 5.74) is 2.32. The number of nitrogens with zero attached hydrogens (tertiary/aromatic N) is 2. The van der Waals surface area contributed by atoms with Crippen molar-refractivity contribution in [3.8, 4) is 0 Å². The van der Waals surface area contributed by atoms with Crippen LogP contribution in [0.2, 0.25) is 10.0 Å². The highest BCUT2D eigenvalue weighted by Gasteiger charge is 2.10. The normalized spacial score (nSPS) is 12.6. The topological polar surface area (TPSA) is 29.9 Å². The molecule has 0 fully saturated rings. The Kier molecular flexibility index (Phi) is 4.86. The third-order valence-corrected chi connectivity index (χ3v) is 3.80. The van der Waals surface area contributed by atoms with Gasteiger partial charge in [-0.2, -0.15) is 5.10 Å². The third-order valence-electron chi connectivity index (χ3n) is 3.07. The number of aromatic nitrogens is 2. The van der Waals surface area contributed by atoms with E-state index in [9.17, 15) is 0 Å². The summed E-state index contributed by atoms with van der Waals surface area (Å²) in [6.07, 6.45) is 4.86. The summed E-state index contributed by atoms with van der Waals surface area (Å²) in [4.78, 5) is 0. The van der Waals surface area contributed by atoms with Crippen LogP contribution in [0.1, 0.15) is 30.5 Å². The first-order valence-corrected chi connectivity index (χ1v) is 7.01. The van der Waals surface area contributed by atoms with Crippen LogP contribution in [0.4, 0.5) is 0 Å². The predicted molar refractivity (Wildman–Crippen MR) is 79.5 cm³/mol. The first kappa shape index (κ1) is 14.4. The maximum absolute atomic E-state index is 6.06. The fourth-order valence-corrected chi connectivity index (χ4v) is 2.34. The minimum absolute atomic E-state index is 0.259. The molecule has 0 aliphatic carbocycles. The minimum atomic E-state index is 0.259. The molecule has 1 aromatic heterocycles. The summed E-state index contributed by atoms with van der Waals surface area (Å²) in [5, 5.41) is 8.85. The van der Waals surface area contributed by atoms with Crippen molar-refractivity contribution in [2.24, 2.45) is 7.05 Å². The van der Waals surface area contributed by atoms with E-state index < -0.39 is 0 Å². The quantitative estimate of drug-likeness (QED) is 0.905. The molecule has 0 aliphatic heterocycles. The molecular formula is C14H17Cl2N3. The third kappa shape index (κ3) is 3.72. The van der Waals surface area contributed by atoms with E-state index in [4.69, 9.17) is 23.2 Å². The lowest BCUT2D eigenvalue weighted by Crippen LogP contribution is -2.20. The molecule has 19 heavy (non-hydrogen) atoms. The van der Waals surface area contributed by atoms with Crippen molar-refractivity contribution in [1.29, 1.82) is 0 Å². The Morgan fingerprint density at radius 1 is 1.32 bits per heavy atom. The summed E-state index contributed by atoms with van der Waals surface area (Å²) in [6, 6.07) is 6.04. The zero-order valence-electron chi connectivity index (χ0n) is 11.0. The number of rotatable bonds is 5. The van der Waals surface area contributed by atoms with E-state index in [0.29, 0.717) is 10.0 Å². The average Bonchev–Trinajstić information content (AvgIpc) is 2.80. The molecule has 0 aliphatic rings. The Morgan fingerprint density at radius 2 is 2.11 bits per heavy atom. The second-order valence-electron chi connectivity index (χ2n) is 4.54. The van der Waals surface area contributed by atoms with E-state index >= 15 is 0 Å². The van der Waals surface area contributed by atoms with Crippen LogP contribution in [-0.4, -0.2) is 9.78 Å². The molecule has 2 rings (SSSR count). The number of halogens is 2. The second-order valence-corrected chi connectivity index (χ2v) is 5.35. The van der Waals surface area contributed by atoms with Crippen molar-refractivity contribution in [2.45, 2.75) is 25.9 Å². The van der Waals surface area contributed by atoms with Crippen LogP contribution < -0.4 is 5.32 Å². The van der Waals surface area contributed by atoms with Gasteiger partial charge in [-0.3, -0.25) is 4.68 Å². The van der Waals surface area contributed by atoms with Crippen molar-refractivity contribution in [3.63, 3.8) is 0 Å². The van der Waals surface area contributed by atoms with Crippen molar-refractivity contribution >= 4 is 23.2 Å². The molecule has 0 bridgehead atoms. The van der Waals surface area contributed by atoms with Gasteiger partial charge in [-0.25, -0.2) is 0 Å². The van der Waals surface area contributed by atoms with Crippen molar-refractivity contribution in [3.05, 3.63) is 51.8 Å². The highest BCUT2D eigenvalue weighted by molar-refractivity contribution is 6.42. The van der Waals surface area contributed by atoms with Crippen LogP contribution in [0.5, 0.6) is 0 Å². The van der Waals surface area contributed by atoms with Gasteiger partial charge in [0, 0.05) is 31.4 Å². The molecule has 1 aromatic carbocycles. The van der Waals surface area contributed by atoms with Gasteiger partial charge in [0.25, 0.3) is 0 Å². The summed E-state index contributed by atoms with van der Waals surface area (Å²) >= 11 is 12.0. The van der Waals surface area contributed by atoms with Crippen molar-refractivity contribution < 1.29 is 0 Å². The SMILES string of the molecule is CCC(NCc1cnn(C)c1)c1ccc(Cl)c(Cl)c1. The average molecular weight is 298 g/mol. The molecule has 1 unspecified atom stereocenters. The molecule has 1 N–H and O–H groups in total. The molecule has 102 valence electrons. The van der Waals surface area contributed by atoms with Gasteiger partial charge in [-0.15, -0.1) is 0 Å². The number of hydrogen-bond donors (Lipinski definition) is 1. The summed E-state index contributed by atoms with van der Waals surface area (Å²) < 4.78 is 1.80. The smallest absolute Gasteiger partial charge is 0.0595 e. The lowest BCUT2D eigenvalue weighted by Gasteiger charge is -2.17. The molecule has 3 nitrogen and oxygen atoms in total. The summed E-state index contributed by atoms with van der Waals surface area (Å²) in [7, 11) is 1.92. The molecular weight excluding hydrogens is 281 g/mol. The fourth-order valence-electron chi connectivity index (χ4n) is 2.03. The van der Waals surface area contributed by atoms with Gasteiger partial charge in [-0.1, -0.05) is 36.2 Å². The standard InChI is InChI=1S/C14H17Cl2N3/c1-3-14(11-4-5-12(15)13(16)6-11)17-7-10-8-18-19(2)9-10/h4-6,8-9,14,17H,3,7H2,1-2H3. The first-order chi connectivity index (χ1) is 9.10. The molecule has 0 saturated heterocycles. The molecule has 0 spiro atoms. The van der Waals surface area contributed by atoms with E-state index in [-0.39, 0.29) is 6.04 Å². The molecule has 1 heterocycles. The zero-order chi connectivity index (χ0) is 13.8. The second kappa shape index (κ2) is 6.42. The van der Waals surface area contributed by atoms with Gasteiger partial charge < -0.3 is 5.32 Å². The lowest BCUT2D eigenvalue weighted by molar-refractivity contribution is 0.519. The number of aryl methyl sites for hydroxylation is 1. The largest absolute Gasteiger partial charge is 0.306 e. The fraction of sp³-hybridized carbons (Fsp3) is 0.357. The Bertz CT molecular complexity index is 551. The number of benzene rings is 1. The van der Waals surface area contributed by atoms with Gasteiger partial charge >= 0.3 is 0 Å². The van der Waals surface area contributed by atoms with Crippen LogP contribution in [-0.2, 0) is 13.6 Å². The van der Waals surface area contributed by atoms with Gasteiger partial charge in [0.1, 0.15) is 0 Å². The number of nitrogens with one attached hydrogen (secondary N) is 1. The maximum Gasteiger partial charge on any atom is 0.0595 e. The first-order valence-electron chi connectivity index (χ1n) is 6.26. The van der Waals surface area contributed by atoms with E-state index in [0.717, 1.165) is 18.5 Å². The minimum Gasteiger partial charge on any atom is -0.306 e. The van der Waals surface area contributed by atoms with E-state index in [1.807, 2.05) is 37.6 Å². The van der Waals surface area contributed by atoms with Crippen LogP contribution in [0, 0.1) is 0 Å². The van der Waals surface area contributed by atoms with Crippen molar-refractivity contribution in [1.82, 2.24) is 15.1 Å². The molecule has 5 heteroatoms. The highest BCUT2D eigenvalue weighted by atomic mass is 35.5. The monoisotopic (exact) mass is 297 g/mol. The van der Waals surface area contributed by atoms with E-state index in [1.54, 1.807) is 4.68 Å². The maximum atomic E-state index is 6.06. The van der Waals surface area contributed by atoms with Crippen LogP contribution in [0.15, 0.2) is 30.6 Å².